The van der Waals surface area contributed by atoms with Gasteiger partial charge in [-0.3, -0.25) is 9.59 Å². The lowest BCUT2D eigenvalue weighted by Crippen LogP contribution is -2.42. The number of carbonyl (C=O) groups is 2. The molecule has 6 heteroatoms. The third-order valence-corrected chi connectivity index (χ3v) is 4.05. The number of nitrogens with one attached hydrogen (secondary N) is 1. The van der Waals surface area contributed by atoms with Crippen LogP contribution in [0.25, 0.3) is 5.70 Å². The lowest BCUT2D eigenvalue weighted by Gasteiger charge is -2.28. The largest absolute Gasteiger partial charge is 0.353 e. The van der Waals surface area contributed by atoms with Crippen molar-refractivity contribution in [3.63, 3.8) is 0 Å². The van der Waals surface area contributed by atoms with E-state index >= 15 is 0 Å². The summed E-state index contributed by atoms with van der Waals surface area (Å²) in [7, 11) is 3.90. The van der Waals surface area contributed by atoms with Crippen LogP contribution < -0.4 is 5.32 Å². The molecule has 2 amide bonds. The first-order valence-electron chi connectivity index (χ1n) is 7.17. The van der Waals surface area contributed by atoms with E-state index in [-0.39, 0.29) is 18.4 Å². The molecule has 1 N–H and O–H groups in total. The van der Waals surface area contributed by atoms with Gasteiger partial charge in [0.15, 0.2) is 0 Å². The van der Waals surface area contributed by atoms with Crippen LogP contribution in [0.3, 0.4) is 0 Å². The minimum absolute atomic E-state index is 0.0332. The summed E-state index contributed by atoms with van der Waals surface area (Å²) in [5, 5.41) is 4.79. The van der Waals surface area contributed by atoms with Crippen LogP contribution in [-0.2, 0) is 9.59 Å². The van der Waals surface area contributed by atoms with Gasteiger partial charge >= 0.3 is 0 Å². The van der Waals surface area contributed by atoms with Crippen LogP contribution >= 0.6 is 11.8 Å². The van der Waals surface area contributed by atoms with Crippen LogP contribution in [0.1, 0.15) is 5.56 Å². The second-order valence-electron chi connectivity index (χ2n) is 5.31. The Balaban J connectivity index is 2.03. The van der Waals surface area contributed by atoms with Gasteiger partial charge in [0.2, 0.25) is 11.8 Å². The van der Waals surface area contributed by atoms with Crippen molar-refractivity contribution in [3.8, 4) is 0 Å². The first-order chi connectivity index (χ1) is 10.6. The van der Waals surface area contributed by atoms with Crippen LogP contribution in [0.2, 0.25) is 0 Å². The van der Waals surface area contributed by atoms with E-state index in [4.69, 9.17) is 0 Å². The van der Waals surface area contributed by atoms with Crippen LogP contribution in [-0.4, -0.2) is 61.1 Å². The Morgan fingerprint density at radius 2 is 2.05 bits per heavy atom. The molecule has 1 aromatic carbocycles. The van der Waals surface area contributed by atoms with E-state index < -0.39 is 0 Å². The van der Waals surface area contributed by atoms with Gasteiger partial charge in [-0.15, -0.1) is 11.8 Å². The fourth-order valence-corrected chi connectivity index (χ4v) is 2.90. The predicted octanol–water partition coefficient (Wildman–Crippen LogP) is 1.24. The average Bonchev–Trinajstić information content (AvgIpc) is 2.50. The highest BCUT2D eigenvalue weighted by atomic mass is 32.2. The lowest BCUT2D eigenvalue weighted by atomic mass is 10.1. The number of nitrogens with zero attached hydrogens (tertiary/aromatic N) is 2. The van der Waals surface area contributed by atoms with E-state index in [9.17, 15) is 9.59 Å². The van der Waals surface area contributed by atoms with E-state index in [1.807, 2.05) is 54.7 Å². The van der Waals surface area contributed by atoms with Crippen molar-refractivity contribution in [2.75, 3.05) is 39.5 Å². The minimum Gasteiger partial charge on any atom is -0.353 e. The molecule has 0 aromatic heterocycles. The van der Waals surface area contributed by atoms with Gasteiger partial charge in [-0.25, -0.2) is 0 Å². The van der Waals surface area contributed by atoms with Crippen molar-refractivity contribution in [2.45, 2.75) is 0 Å². The molecule has 0 fully saturated rings. The summed E-state index contributed by atoms with van der Waals surface area (Å²) in [4.78, 5) is 27.8. The average molecular weight is 319 g/mol. The van der Waals surface area contributed by atoms with Crippen LogP contribution in [0.5, 0.6) is 0 Å². The number of hydrogen-bond acceptors (Lipinski definition) is 4. The Labute approximate surface area is 135 Å². The first-order valence-corrected chi connectivity index (χ1v) is 8.22. The van der Waals surface area contributed by atoms with Gasteiger partial charge in [0.05, 0.1) is 11.4 Å². The molecule has 0 bridgehead atoms. The summed E-state index contributed by atoms with van der Waals surface area (Å²) in [5.41, 5.74) is 1.74. The molecule has 0 radical (unpaired) electrons. The molecule has 0 atom stereocenters. The Kier molecular flexibility index (Phi) is 6.03. The van der Waals surface area contributed by atoms with Gasteiger partial charge in [0, 0.05) is 13.1 Å². The highest BCUT2D eigenvalue weighted by molar-refractivity contribution is 8.03. The molecule has 1 aliphatic rings. The fourth-order valence-electron chi connectivity index (χ4n) is 2.09. The molecule has 1 heterocycles. The molecule has 0 saturated heterocycles. The first kappa shape index (κ1) is 16.6. The third kappa shape index (κ3) is 4.61. The number of likely N-dealkylation sites (N-methyl/N-ethyl adjacent to an activating group) is 1. The lowest BCUT2D eigenvalue weighted by molar-refractivity contribution is -0.131. The fraction of sp³-hybridized carbons (Fsp3) is 0.375. The predicted molar refractivity (Wildman–Crippen MR) is 90.2 cm³/mol. The summed E-state index contributed by atoms with van der Waals surface area (Å²) in [6.45, 7) is 1.41. The monoisotopic (exact) mass is 319 g/mol. The Morgan fingerprint density at radius 3 is 2.73 bits per heavy atom. The van der Waals surface area contributed by atoms with Gasteiger partial charge in [0.25, 0.3) is 0 Å². The smallest absolute Gasteiger partial charge is 0.240 e. The molecule has 2 rings (SSSR count). The van der Waals surface area contributed by atoms with Gasteiger partial charge in [0.1, 0.15) is 6.54 Å². The molecule has 0 spiro atoms. The zero-order valence-electron chi connectivity index (χ0n) is 12.9. The highest BCUT2D eigenvalue weighted by Gasteiger charge is 2.25. The summed E-state index contributed by atoms with van der Waals surface area (Å²) in [6.07, 6.45) is 0. The minimum atomic E-state index is -0.135. The molecular weight excluding hydrogens is 298 g/mol. The normalized spacial score (nSPS) is 15.0. The van der Waals surface area contributed by atoms with Crippen molar-refractivity contribution < 1.29 is 9.59 Å². The van der Waals surface area contributed by atoms with E-state index in [1.54, 1.807) is 4.90 Å². The Hall–Kier alpha value is -1.79. The van der Waals surface area contributed by atoms with Crippen molar-refractivity contribution >= 4 is 29.3 Å². The molecular formula is C16H21N3O2S. The Bertz CT molecular complexity index is 558. The van der Waals surface area contributed by atoms with Crippen molar-refractivity contribution in [3.05, 3.63) is 41.3 Å². The number of carbonyl (C=O) groups excluding carboxylic acids is 2. The number of amides is 2. The standard InChI is InChI=1S/C16H21N3O2S/c1-18(2)9-8-17-15(20)10-19-14(11-22-12-16(19)21)13-6-4-3-5-7-13/h3-7,11H,8-10,12H2,1-2H3,(H,17,20). The van der Waals surface area contributed by atoms with Gasteiger partial charge < -0.3 is 15.1 Å². The number of benzene rings is 1. The highest BCUT2D eigenvalue weighted by Crippen LogP contribution is 2.27. The summed E-state index contributed by atoms with van der Waals surface area (Å²) in [5.74, 6) is 0.208. The molecule has 1 aliphatic heterocycles. The van der Waals surface area contributed by atoms with Crippen LogP contribution in [0.15, 0.2) is 35.7 Å². The molecule has 118 valence electrons. The summed E-state index contributed by atoms with van der Waals surface area (Å²) < 4.78 is 0. The van der Waals surface area contributed by atoms with Gasteiger partial charge in [-0.05, 0) is 25.1 Å². The summed E-state index contributed by atoms with van der Waals surface area (Å²) >= 11 is 1.47. The van der Waals surface area contributed by atoms with Gasteiger partial charge in [-0.1, -0.05) is 30.3 Å². The zero-order valence-corrected chi connectivity index (χ0v) is 13.7. The van der Waals surface area contributed by atoms with E-state index in [0.29, 0.717) is 12.3 Å². The second-order valence-corrected chi connectivity index (χ2v) is 6.17. The molecule has 0 aliphatic carbocycles. The van der Waals surface area contributed by atoms with Crippen LogP contribution in [0, 0.1) is 0 Å². The quantitative estimate of drug-likeness (QED) is 0.857. The van der Waals surface area contributed by atoms with Gasteiger partial charge in [-0.2, -0.15) is 0 Å². The number of thioether (sulfide) groups is 1. The number of hydrogen-bond donors (Lipinski definition) is 1. The van der Waals surface area contributed by atoms with E-state index in [0.717, 1.165) is 17.8 Å². The topological polar surface area (TPSA) is 52.7 Å². The molecule has 22 heavy (non-hydrogen) atoms. The molecule has 0 saturated carbocycles. The molecule has 0 unspecified atom stereocenters. The van der Waals surface area contributed by atoms with Crippen LogP contribution in [0.4, 0.5) is 0 Å². The number of rotatable bonds is 6. The maximum absolute atomic E-state index is 12.2. The maximum atomic E-state index is 12.2. The Morgan fingerprint density at radius 1 is 1.32 bits per heavy atom. The van der Waals surface area contributed by atoms with Crippen molar-refractivity contribution in [1.82, 2.24) is 15.1 Å². The molecule has 5 nitrogen and oxygen atoms in total. The van der Waals surface area contributed by atoms with E-state index in [2.05, 4.69) is 5.32 Å². The maximum Gasteiger partial charge on any atom is 0.240 e. The molecule has 1 aromatic rings. The zero-order chi connectivity index (χ0) is 15.9. The van der Waals surface area contributed by atoms with E-state index in [1.165, 1.54) is 11.8 Å². The van der Waals surface area contributed by atoms with Crippen molar-refractivity contribution in [1.29, 1.82) is 0 Å². The summed E-state index contributed by atoms with van der Waals surface area (Å²) in [6, 6.07) is 9.68. The SMILES string of the molecule is CN(C)CCNC(=O)CN1C(=O)CSC=C1c1ccccc1. The third-order valence-electron chi connectivity index (χ3n) is 3.25. The van der Waals surface area contributed by atoms with Crippen molar-refractivity contribution in [2.24, 2.45) is 0 Å². The second kappa shape index (κ2) is 8.00.